The van der Waals surface area contributed by atoms with Gasteiger partial charge in [-0.1, -0.05) is 18.2 Å². The molecule has 0 aliphatic carbocycles. The van der Waals surface area contributed by atoms with Gasteiger partial charge in [0.1, 0.15) is 23.4 Å². The van der Waals surface area contributed by atoms with Crippen LogP contribution >= 0.6 is 0 Å². The van der Waals surface area contributed by atoms with Crippen LogP contribution in [-0.4, -0.2) is 15.7 Å². The lowest BCUT2D eigenvalue weighted by atomic mass is 9.97. The lowest BCUT2D eigenvalue weighted by Gasteiger charge is -2.12. The van der Waals surface area contributed by atoms with Crippen molar-refractivity contribution in [2.75, 3.05) is 0 Å². The number of carbonyl (C=O) groups is 1. The number of hydrogen-bond acceptors (Lipinski definition) is 3. The van der Waals surface area contributed by atoms with Crippen LogP contribution in [0.2, 0.25) is 0 Å². The molecule has 1 unspecified atom stereocenters. The van der Waals surface area contributed by atoms with Gasteiger partial charge in [-0.15, -0.1) is 0 Å². The average Bonchev–Trinajstić information content (AvgIpc) is 3.14. The number of ether oxygens (including phenoxy) is 1. The molecule has 0 aliphatic heterocycles. The van der Waals surface area contributed by atoms with E-state index in [4.69, 9.17) is 10.5 Å². The molecule has 3 aromatic rings. The number of amides is 1. The van der Waals surface area contributed by atoms with Crippen molar-refractivity contribution in [2.45, 2.75) is 33.4 Å². The highest BCUT2D eigenvalue weighted by atomic mass is 19.1. The van der Waals surface area contributed by atoms with Gasteiger partial charge >= 0.3 is 0 Å². The van der Waals surface area contributed by atoms with E-state index in [1.165, 1.54) is 12.1 Å². The molecule has 0 spiro atoms. The Labute approximate surface area is 163 Å². The van der Waals surface area contributed by atoms with Crippen LogP contribution in [-0.2, 0) is 11.3 Å². The van der Waals surface area contributed by atoms with E-state index in [1.807, 2.05) is 48.9 Å². The van der Waals surface area contributed by atoms with E-state index >= 15 is 0 Å². The molecule has 0 fully saturated rings. The first-order valence-electron chi connectivity index (χ1n) is 9.13. The number of benzene rings is 2. The number of nitrogens with two attached hydrogens (primary N) is 1. The molecule has 2 N–H and O–H groups in total. The molecule has 1 amide bonds. The third-order valence-electron chi connectivity index (χ3n) is 4.60. The van der Waals surface area contributed by atoms with Crippen LogP contribution in [0.3, 0.4) is 0 Å². The summed E-state index contributed by atoms with van der Waals surface area (Å²) in [7, 11) is 0. The molecule has 2 aromatic carbocycles. The fraction of sp³-hybridized carbons (Fsp3) is 0.227. The van der Waals surface area contributed by atoms with E-state index in [0.717, 1.165) is 22.5 Å². The number of primary amides is 1. The van der Waals surface area contributed by atoms with Crippen LogP contribution in [0.1, 0.15) is 38.1 Å². The van der Waals surface area contributed by atoms with Crippen molar-refractivity contribution < 1.29 is 13.9 Å². The lowest BCUT2D eigenvalue weighted by Crippen LogP contribution is -2.19. The van der Waals surface area contributed by atoms with Gasteiger partial charge in [-0.05, 0) is 62.7 Å². The summed E-state index contributed by atoms with van der Waals surface area (Å²) in [5, 5.41) is 4.65. The van der Waals surface area contributed by atoms with Gasteiger partial charge in [0.2, 0.25) is 5.91 Å². The zero-order chi connectivity index (χ0) is 20.3. The van der Waals surface area contributed by atoms with Crippen molar-refractivity contribution in [3.63, 3.8) is 0 Å². The van der Waals surface area contributed by atoms with Crippen LogP contribution in [0.25, 0.3) is 11.3 Å². The number of halogens is 1. The van der Waals surface area contributed by atoms with E-state index in [1.54, 1.807) is 19.1 Å². The maximum Gasteiger partial charge on any atom is 0.229 e. The summed E-state index contributed by atoms with van der Waals surface area (Å²) in [6.07, 6.45) is -0.306. The van der Waals surface area contributed by atoms with Crippen LogP contribution in [0.5, 0.6) is 5.75 Å². The Morgan fingerprint density at radius 1 is 1.21 bits per heavy atom. The van der Waals surface area contributed by atoms with E-state index in [-0.39, 0.29) is 11.9 Å². The Balaban J connectivity index is 1.89. The van der Waals surface area contributed by atoms with Gasteiger partial charge in [-0.25, -0.2) is 4.39 Å². The second kappa shape index (κ2) is 8.25. The first-order valence-corrected chi connectivity index (χ1v) is 9.13. The van der Waals surface area contributed by atoms with Crippen molar-refractivity contribution in [3.05, 3.63) is 77.6 Å². The summed E-state index contributed by atoms with van der Waals surface area (Å²) in [5.41, 5.74) is 8.82. The molecule has 5 nitrogen and oxygen atoms in total. The quantitative estimate of drug-likeness (QED) is 0.665. The Bertz CT molecular complexity index is 966. The standard InChI is InChI=1S/C22H23FN3O2/c1-4-26-21(17-7-5-6-16(12-17)14(2)22(24)27)13-20(25-26)15(3)28-19-10-8-18(23)9-11-19/h5-13,15H,4H2,1-3H3,(H2,24,27). The van der Waals surface area contributed by atoms with E-state index in [0.29, 0.717) is 18.2 Å². The largest absolute Gasteiger partial charge is 0.484 e. The molecule has 0 bridgehead atoms. The van der Waals surface area contributed by atoms with Crippen molar-refractivity contribution >= 4 is 5.91 Å². The molecule has 3 rings (SSSR count). The van der Waals surface area contributed by atoms with Crippen LogP contribution in [0, 0.1) is 11.7 Å². The van der Waals surface area contributed by atoms with Gasteiger partial charge in [0.25, 0.3) is 0 Å². The third kappa shape index (κ3) is 4.22. The molecule has 145 valence electrons. The molecule has 6 heteroatoms. The Hall–Kier alpha value is -3.15. The highest BCUT2D eigenvalue weighted by Crippen LogP contribution is 2.28. The maximum atomic E-state index is 13.1. The first kappa shape index (κ1) is 19.6. The predicted octanol–water partition coefficient (Wildman–Crippen LogP) is 4.28. The fourth-order valence-electron chi connectivity index (χ4n) is 2.94. The molecule has 0 saturated carbocycles. The molecular formula is C22H23FN3O2. The summed E-state index contributed by atoms with van der Waals surface area (Å²) in [5.74, 6) is 0.344. The van der Waals surface area contributed by atoms with Gasteiger partial charge in [0, 0.05) is 12.1 Å². The number of hydrogen-bond donors (Lipinski definition) is 1. The zero-order valence-corrected chi connectivity index (χ0v) is 16.1. The smallest absolute Gasteiger partial charge is 0.229 e. The van der Waals surface area contributed by atoms with Gasteiger partial charge in [0.05, 0.1) is 11.6 Å². The van der Waals surface area contributed by atoms with Crippen LogP contribution in [0.4, 0.5) is 4.39 Å². The number of nitrogens with zero attached hydrogens (tertiary/aromatic N) is 2. The molecule has 1 heterocycles. The maximum absolute atomic E-state index is 13.1. The number of aromatic nitrogens is 2. The van der Waals surface area contributed by atoms with Crippen LogP contribution < -0.4 is 10.5 Å². The summed E-state index contributed by atoms with van der Waals surface area (Å²) in [6, 6.07) is 15.5. The third-order valence-corrected chi connectivity index (χ3v) is 4.60. The average molecular weight is 380 g/mol. The minimum absolute atomic E-state index is 0.305. The molecule has 1 aromatic heterocycles. The SMILES string of the molecule is CCn1nc(C(C)Oc2ccc(F)cc2)cc1-c1cccc([C](C)C(N)=O)c1. The van der Waals surface area contributed by atoms with Crippen molar-refractivity contribution in [3.8, 4) is 17.0 Å². The Morgan fingerprint density at radius 3 is 2.57 bits per heavy atom. The highest BCUT2D eigenvalue weighted by Gasteiger charge is 2.18. The number of aryl methyl sites for hydroxylation is 1. The minimum Gasteiger partial charge on any atom is -0.484 e. The molecular weight excluding hydrogens is 357 g/mol. The van der Waals surface area contributed by atoms with Gasteiger partial charge in [0.15, 0.2) is 0 Å². The molecule has 1 radical (unpaired) electrons. The molecule has 1 atom stereocenters. The van der Waals surface area contributed by atoms with Crippen molar-refractivity contribution in [2.24, 2.45) is 5.73 Å². The Kier molecular flexibility index (Phi) is 5.78. The Morgan fingerprint density at radius 2 is 1.93 bits per heavy atom. The van der Waals surface area contributed by atoms with Gasteiger partial charge < -0.3 is 10.5 Å². The minimum atomic E-state index is -0.442. The second-order valence-corrected chi connectivity index (χ2v) is 6.55. The molecule has 0 saturated heterocycles. The summed E-state index contributed by atoms with van der Waals surface area (Å²) in [4.78, 5) is 11.5. The molecule has 28 heavy (non-hydrogen) atoms. The van der Waals surface area contributed by atoms with Crippen LogP contribution in [0.15, 0.2) is 54.6 Å². The van der Waals surface area contributed by atoms with Gasteiger partial charge in [-0.3, -0.25) is 9.48 Å². The summed E-state index contributed by atoms with van der Waals surface area (Å²) >= 11 is 0. The molecule has 0 aliphatic rings. The van der Waals surface area contributed by atoms with E-state index < -0.39 is 5.91 Å². The van der Waals surface area contributed by atoms with E-state index in [9.17, 15) is 9.18 Å². The summed E-state index contributed by atoms with van der Waals surface area (Å²) in [6.45, 7) is 6.30. The van der Waals surface area contributed by atoms with Gasteiger partial charge in [-0.2, -0.15) is 5.10 Å². The highest BCUT2D eigenvalue weighted by molar-refractivity contribution is 5.92. The number of rotatable bonds is 7. The zero-order valence-electron chi connectivity index (χ0n) is 16.1. The normalized spacial score (nSPS) is 12.2. The summed E-state index contributed by atoms with van der Waals surface area (Å²) < 4.78 is 20.9. The first-order chi connectivity index (χ1) is 13.4. The topological polar surface area (TPSA) is 70.1 Å². The fourth-order valence-corrected chi connectivity index (χ4v) is 2.94. The predicted molar refractivity (Wildman–Crippen MR) is 106 cm³/mol. The second-order valence-electron chi connectivity index (χ2n) is 6.55. The van der Waals surface area contributed by atoms with E-state index in [2.05, 4.69) is 5.10 Å². The lowest BCUT2D eigenvalue weighted by molar-refractivity contribution is -0.115. The number of carbonyl (C=O) groups excluding carboxylic acids is 1. The van der Waals surface area contributed by atoms with Crippen molar-refractivity contribution in [1.82, 2.24) is 9.78 Å². The monoisotopic (exact) mass is 380 g/mol. The van der Waals surface area contributed by atoms with Crippen molar-refractivity contribution in [1.29, 1.82) is 0 Å².